The zero-order valence-corrected chi connectivity index (χ0v) is 9.34. The molecule has 0 spiro atoms. The Hall–Kier alpha value is -0.120. The first kappa shape index (κ1) is 12.0. The third-order valence-electron chi connectivity index (χ3n) is 3.04. The molecule has 84 valence electrons. The minimum absolute atomic E-state index is 0.331. The number of likely N-dealkylation sites (tertiary alicyclic amines) is 1. The predicted octanol–water partition coefficient (Wildman–Crippen LogP) is 0.690. The third-order valence-corrected chi connectivity index (χ3v) is 3.04. The first-order valence-electron chi connectivity index (χ1n) is 5.84. The lowest BCUT2D eigenvalue weighted by Crippen LogP contribution is -2.37. The van der Waals surface area contributed by atoms with Crippen LogP contribution >= 0.6 is 0 Å². The molecule has 3 nitrogen and oxygen atoms in total. The lowest BCUT2D eigenvalue weighted by molar-refractivity contribution is 0.154. The number of piperidine rings is 1. The molecule has 0 aliphatic carbocycles. The van der Waals surface area contributed by atoms with Crippen molar-refractivity contribution in [2.45, 2.75) is 25.7 Å². The highest BCUT2D eigenvalue weighted by atomic mass is 16.3. The Balaban J connectivity index is 2.14. The number of rotatable bonds is 6. The molecule has 0 saturated carbocycles. The fourth-order valence-corrected chi connectivity index (χ4v) is 2.23. The van der Waals surface area contributed by atoms with Gasteiger partial charge in [-0.15, -0.1) is 0 Å². The molecule has 1 aliphatic heterocycles. The molecule has 0 aromatic carbocycles. The van der Waals surface area contributed by atoms with Crippen LogP contribution in [0.4, 0.5) is 0 Å². The summed E-state index contributed by atoms with van der Waals surface area (Å²) in [6.45, 7) is 5.01. The molecule has 14 heavy (non-hydrogen) atoms. The summed E-state index contributed by atoms with van der Waals surface area (Å²) in [5.74, 6) is 0.870. The fourth-order valence-electron chi connectivity index (χ4n) is 2.23. The van der Waals surface area contributed by atoms with Gasteiger partial charge in [-0.05, 0) is 51.7 Å². The van der Waals surface area contributed by atoms with Gasteiger partial charge in [-0.25, -0.2) is 0 Å². The number of nitrogens with one attached hydrogen (secondary N) is 1. The van der Waals surface area contributed by atoms with Gasteiger partial charge >= 0.3 is 0 Å². The molecule has 1 unspecified atom stereocenters. The summed E-state index contributed by atoms with van der Waals surface area (Å²) in [6, 6.07) is 0. The summed E-state index contributed by atoms with van der Waals surface area (Å²) in [5, 5.41) is 12.0. The molecule has 0 amide bonds. The molecular formula is C11H24N2O. The molecule has 1 heterocycles. The smallest absolute Gasteiger partial charge is 0.0443 e. The lowest BCUT2D eigenvalue weighted by atomic mass is 9.95. The summed E-state index contributed by atoms with van der Waals surface area (Å²) < 4.78 is 0. The van der Waals surface area contributed by atoms with Crippen LogP contribution in [0.2, 0.25) is 0 Å². The number of hydrogen-bond acceptors (Lipinski definition) is 3. The third kappa shape index (κ3) is 4.40. The van der Waals surface area contributed by atoms with Crippen molar-refractivity contribution in [1.82, 2.24) is 10.2 Å². The SMILES string of the molecule is CNCCC1CCCN(CCCO)C1. The van der Waals surface area contributed by atoms with Gasteiger partial charge in [-0.1, -0.05) is 0 Å². The van der Waals surface area contributed by atoms with Crippen molar-refractivity contribution in [3.05, 3.63) is 0 Å². The van der Waals surface area contributed by atoms with Crippen molar-refractivity contribution in [3.63, 3.8) is 0 Å². The van der Waals surface area contributed by atoms with Crippen LogP contribution in [0, 0.1) is 5.92 Å². The molecule has 3 heteroatoms. The normalized spacial score (nSPS) is 24.0. The van der Waals surface area contributed by atoms with Crippen LogP contribution in [0.1, 0.15) is 25.7 Å². The number of aliphatic hydroxyl groups excluding tert-OH is 1. The van der Waals surface area contributed by atoms with E-state index in [1.54, 1.807) is 0 Å². The Morgan fingerprint density at radius 3 is 3.07 bits per heavy atom. The van der Waals surface area contributed by atoms with Crippen LogP contribution in [-0.2, 0) is 0 Å². The minimum atomic E-state index is 0.331. The highest BCUT2D eigenvalue weighted by Gasteiger charge is 2.18. The molecule has 2 N–H and O–H groups in total. The average Bonchev–Trinajstić information content (AvgIpc) is 2.24. The van der Waals surface area contributed by atoms with Crippen LogP contribution in [-0.4, -0.2) is 49.8 Å². The zero-order valence-electron chi connectivity index (χ0n) is 9.34. The molecular weight excluding hydrogens is 176 g/mol. The monoisotopic (exact) mass is 200 g/mol. The van der Waals surface area contributed by atoms with Crippen LogP contribution in [0.5, 0.6) is 0 Å². The van der Waals surface area contributed by atoms with E-state index in [9.17, 15) is 0 Å². The Morgan fingerprint density at radius 1 is 1.50 bits per heavy atom. The van der Waals surface area contributed by atoms with Crippen molar-refractivity contribution in [1.29, 1.82) is 0 Å². The van der Waals surface area contributed by atoms with E-state index in [0.717, 1.165) is 25.4 Å². The molecule has 1 fully saturated rings. The van der Waals surface area contributed by atoms with Gasteiger partial charge in [-0.2, -0.15) is 0 Å². The van der Waals surface area contributed by atoms with E-state index in [2.05, 4.69) is 10.2 Å². The summed E-state index contributed by atoms with van der Waals surface area (Å²) >= 11 is 0. The molecule has 1 saturated heterocycles. The van der Waals surface area contributed by atoms with Crippen molar-refractivity contribution >= 4 is 0 Å². The molecule has 1 atom stereocenters. The van der Waals surface area contributed by atoms with E-state index < -0.39 is 0 Å². The molecule has 0 aromatic heterocycles. The summed E-state index contributed by atoms with van der Waals surface area (Å²) in [6.07, 6.45) is 4.95. The van der Waals surface area contributed by atoms with E-state index in [1.165, 1.54) is 32.4 Å². The second kappa shape index (κ2) is 7.21. The summed E-state index contributed by atoms with van der Waals surface area (Å²) in [4.78, 5) is 2.50. The van der Waals surface area contributed by atoms with Crippen LogP contribution < -0.4 is 5.32 Å². The van der Waals surface area contributed by atoms with Crippen molar-refractivity contribution in [3.8, 4) is 0 Å². The molecule has 0 bridgehead atoms. The van der Waals surface area contributed by atoms with E-state index in [0.29, 0.717) is 6.61 Å². The van der Waals surface area contributed by atoms with E-state index in [-0.39, 0.29) is 0 Å². The first-order valence-corrected chi connectivity index (χ1v) is 5.84. The van der Waals surface area contributed by atoms with Crippen molar-refractivity contribution < 1.29 is 5.11 Å². The number of nitrogens with zero attached hydrogens (tertiary/aromatic N) is 1. The Labute approximate surface area is 87.5 Å². The second-order valence-electron chi connectivity index (χ2n) is 4.28. The summed E-state index contributed by atoms with van der Waals surface area (Å²) in [7, 11) is 2.02. The van der Waals surface area contributed by atoms with Gasteiger partial charge in [0.2, 0.25) is 0 Å². The first-order chi connectivity index (χ1) is 6.86. The van der Waals surface area contributed by atoms with Crippen molar-refractivity contribution in [2.24, 2.45) is 5.92 Å². The van der Waals surface area contributed by atoms with E-state index >= 15 is 0 Å². The van der Waals surface area contributed by atoms with Gasteiger partial charge in [0.1, 0.15) is 0 Å². The topological polar surface area (TPSA) is 35.5 Å². The second-order valence-corrected chi connectivity index (χ2v) is 4.28. The van der Waals surface area contributed by atoms with Crippen LogP contribution in [0.25, 0.3) is 0 Å². The zero-order chi connectivity index (χ0) is 10.2. The maximum atomic E-state index is 8.77. The molecule has 0 aromatic rings. The minimum Gasteiger partial charge on any atom is -0.396 e. The van der Waals surface area contributed by atoms with E-state index in [4.69, 9.17) is 5.11 Å². The Morgan fingerprint density at radius 2 is 2.36 bits per heavy atom. The molecule has 0 radical (unpaired) electrons. The summed E-state index contributed by atoms with van der Waals surface area (Å²) in [5.41, 5.74) is 0. The maximum Gasteiger partial charge on any atom is 0.0443 e. The van der Waals surface area contributed by atoms with Crippen LogP contribution in [0.3, 0.4) is 0 Å². The molecule has 1 aliphatic rings. The Kier molecular flexibility index (Phi) is 6.15. The van der Waals surface area contributed by atoms with Crippen LogP contribution in [0.15, 0.2) is 0 Å². The number of aliphatic hydroxyl groups is 1. The van der Waals surface area contributed by atoms with E-state index in [1.807, 2.05) is 7.05 Å². The van der Waals surface area contributed by atoms with Gasteiger partial charge in [0.25, 0.3) is 0 Å². The lowest BCUT2D eigenvalue weighted by Gasteiger charge is -2.32. The quantitative estimate of drug-likeness (QED) is 0.662. The van der Waals surface area contributed by atoms with Gasteiger partial charge in [0.15, 0.2) is 0 Å². The van der Waals surface area contributed by atoms with Gasteiger partial charge < -0.3 is 15.3 Å². The van der Waals surface area contributed by atoms with Crippen molar-refractivity contribution in [2.75, 3.05) is 39.8 Å². The highest BCUT2D eigenvalue weighted by Crippen LogP contribution is 2.18. The predicted molar refractivity (Wildman–Crippen MR) is 59.4 cm³/mol. The standard InChI is InChI=1S/C11H24N2O/c1-12-6-5-11-4-2-7-13(10-11)8-3-9-14/h11-12,14H,2-10H2,1H3. The maximum absolute atomic E-state index is 8.77. The molecule has 1 rings (SSSR count). The fraction of sp³-hybridized carbons (Fsp3) is 1.00. The van der Waals surface area contributed by atoms with Gasteiger partial charge in [0, 0.05) is 19.7 Å². The largest absolute Gasteiger partial charge is 0.396 e. The average molecular weight is 200 g/mol. The van der Waals surface area contributed by atoms with Gasteiger partial charge in [0.05, 0.1) is 0 Å². The van der Waals surface area contributed by atoms with Gasteiger partial charge in [-0.3, -0.25) is 0 Å². The Bertz CT molecular complexity index is 127. The number of hydrogen-bond donors (Lipinski definition) is 2. The highest BCUT2D eigenvalue weighted by molar-refractivity contribution is 4.73.